The molecule has 0 fully saturated rings. The molecule has 0 aliphatic rings. The SMILES string of the molecule is CC(C)C[C@H]([NH3+])C(=O)N[C@@H](C)C(=O)[O-]. The van der Waals surface area contributed by atoms with Gasteiger partial charge in [0, 0.05) is 6.42 Å². The zero-order valence-corrected chi connectivity index (χ0v) is 8.87. The second kappa shape index (κ2) is 5.59. The molecule has 0 rings (SSSR count). The molecular weight excluding hydrogens is 184 g/mol. The minimum atomic E-state index is -1.28. The first-order valence-electron chi connectivity index (χ1n) is 4.69. The van der Waals surface area contributed by atoms with E-state index in [9.17, 15) is 14.7 Å². The van der Waals surface area contributed by atoms with Crippen LogP contribution in [0, 0.1) is 5.92 Å². The van der Waals surface area contributed by atoms with Crippen molar-refractivity contribution >= 4 is 11.9 Å². The number of carboxylic acids is 1. The fourth-order valence-electron chi connectivity index (χ4n) is 1.07. The van der Waals surface area contributed by atoms with E-state index in [-0.39, 0.29) is 5.91 Å². The number of rotatable bonds is 5. The van der Waals surface area contributed by atoms with Gasteiger partial charge in [-0.05, 0) is 12.8 Å². The second-order valence-electron chi connectivity index (χ2n) is 3.88. The predicted molar refractivity (Wildman–Crippen MR) is 48.7 cm³/mol. The van der Waals surface area contributed by atoms with Crippen molar-refractivity contribution in [1.82, 2.24) is 5.32 Å². The summed E-state index contributed by atoms with van der Waals surface area (Å²) in [5.41, 5.74) is 3.67. The van der Waals surface area contributed by atoms with Crippen molar-refractivity contribution in [2.75, 3.05) is 0 Å². The Balaban J connectivity index is 4.01. The van der Waals surface area contributed by atoms with Crippen LogP contribution in [0.4, 0.5) is 0 Å². The summed E-state index contributed by atoms with van der Waals surface area (Å²) < 4.78 is 0. The molecule has 14 heavy (non-hydrogen) atoms. The molecule has 4 N–H and O–H groups in total. The number of nitrogens with one attached hydrogen (secondary N) is 1. The maximum absolute atomic E-state index is 11.3. The van der Waals surface area contributed by atoms with Gasteiger partial charge in [-0.2, -0.15) is 0 Å². The highest BCUT2D eigenvalue weighted by atomic mass is 16.4. The van der Waals surface area contributed by atoms with Crippen LogP contribution in [0.2, 0.25) is 0 Å². The molecule has 0 aromatic heterocycles. The summed E-state index contributed by atoms with van der Waals surface area (Å²) >= 11 is 0. The largest absolute Gasteiger partial charge is 0.548 e. The molecule has 0 unspecified atom stereocenters. The van der Waals surface area contributed by atoms with Gasteiger partial charge in [0.25, 0.3) is 5.91 Å². The first-order chi connectivity index (χ1) is 6.34. The quantitative estimate of drug-likeness (QED) is 0.534. The summed E-state index contributed by atoms with van der Waals surface area (Å²) in [6.07, 6.45) is 0.644. The van der Waals surface area contributed by atoms with Crippen LogP contribution in [0.15, 0.2) is 0 Å². The van der Waals surface area contributed by atoms with Crippen LogP contribution < -0.4 is 16.2 Å². The van der Waals surface area contributed by atoms with E-state index in [2.05, 4.69) is 11.1 Å². The van der Waals surface area contributed by atoms with Crippen LogP contribution in [0.5, 0.6) is 0 Å². The molecule has 0 radical (unpaired) electrons. The fourth-order valence-corrected chi connectivity index (χ4v) is 1.07. The summed E-state index contributed by atoms with van der Waals surface area (Å²) in [5.74, 6) is -1.26. The van der Waals surface area contributed by atoms with Crippen LogP contribution in [0.25, 0.3) is 0 Å². The lowest BCUT2D eigenvalue weighted by molar-refractivity contribution is -0.406. The first kappa shape index (κ1) is 12.9. The third-order valence-electron chi connectivity index (χ3n) is 1.84. The van der Waals surface area contributed by atoms with Crippen LogP contribution in [-0.4, -0.2) is 24.0 Å². The zero-order valence-electron chi connectivity index (χ0n) is 8.87. The van der Waals surface area contributed by atoms with Gasteiger partial charge >= 0.3 is 0 Å². The summed E-state index contributed by atoms with van der Waals surface area (Å²) in [6, 6.07) is -1.37. The Morgan fingerprint density at radius 2 is 1.86 bits per heavy atom. The number of hydrogen-bond donors (Lipinski definition) is 2. The molecule has 0 saturated heterocycles. The number of hydrogen-bond acceptors (Lipinski definition) is 3. The third kappa shape index (κ3) is 4.81. The van der Waals surface area contributed by atoms with Crippen molar-refractivity contribution in [3.05, 3.63) is 0 Å². The van der Waals surface area contributed by atoms with Gasteiger partial charge in [0.15, 0.2) is 6.04 Å². The first-order valence-corrected chi connectivity index (χ1v) is 4.69. The maximum atomic E-state index is 11.3. The van der Waals surface area contributed by atoms with Crippen molar-refractivity contribution in [2.24, 2.45) is 5.92 Å². The highest BCUT2D eigenvalue weighted by Gasteiger charge is 2.20. The molecule has 0 aliphatic heterocycles. The number of aliphatic carboxylic acids is 1. The van der Waals surface area contributed by atoms with E-state index < -0.39 is 18.1 Å². The van der Waals surface area contributed by atoms with Crippen LogP contribution in [0.3, 0.4) is 0 Å². The number of carbonyl (C=O) groups is 2. The number of quaternary nitrogens is 1. The molecule has 2 atom stereocenters. The lowest BCUT2D eigenvalue weighted by Crippen LogP contribution is -2.69. The van der Waals surface area contributed by atoms with Gasteiger partial charge in [-0.15, -0.1) is 0 Å². The highest BCUT2D eigenvalue weighted by molar-refractivity contribution is 5.84. The summed E-state index contributed by atoms with van der Waals surface area (Å²) in [5, 5.41) is 12.7. The Kier molecular flexibility index (Phi) is 5.15. The molecule has 0 aliphatic carbocycles. The lowest BCUT2D eigenvalue weighted by atomic mass is 10.0. The Morgan fingerprint density at radius 1 is 1.36 bits per heavy atom. The van der Waals surface area contributed by atoms with Crippen molar-refractivity contribution < 1.29 is 20.4 Å². The molecule has 0 spiro atoms. The number of carbonyl (C=O) groups excluding carboxylic acids is 2. The highest BCUT2D eigenvalue weighted by Crippen LogP contribution is 2.01. The van der Waals surface area contributed by atoms with Gasteiger partial charge in [-0.1, -0.05) is 13.8 Å². The van der Waals surface area contributed by atoms with Crippen LogP contribution in [-0.2, 0) is 9.59 Å². The van der Waals surface area contributed by atoms with Gasteiger partial charge in [0.2, 0.25) is 0 Å². The minimum absolute atomic E-state index is 0.338. The van der Waals surface area contributed by atoms with Crippen molar-refractivity contribution in [1.29, 1.82) is 0 Å². The monoisotopic (exact) mass is 202 g/mol. The van der Waals surface area contributed by atoms with Crippen LogP contribution >= 0.6 is 0 Å². The van der Waals surface area contributed by atoms with Gasteiger partial charge in [0.05, 0.1) is 12.0 Å². The number of carboxylic acid groups (broad SMARTS) is 1. The molecule has 0 saturated carbocycles. The maximum Gasteiger partial charge on any atom is 0.278 e. The molecule has 82 valence electrons. The molecule has 5 heteroatoms. The summed E-state index contributed by atoms with van der Waals surface area (Å²) in [7, 11) is 0. The van der Waals surface area contributed by atoms with E-state index in [0.29, 0.717) is 12.3 Å². The second-order valence-corrected chi connectivity index (χ2v) is 3.88. The van der Waals surface area contributed by atoms with Crippen molar-refractivity contribution in [2.45, 2.75) is 39.3 Å². The molecule has 0 aromatic carbocycles. The van der Waals surface area contributed by atoms with Crippen molar-refractivity contribution in [3.63, 3.8) is 0 Å². The Morgan fingerprint density at radius 3 is 2.21 bits per heavy atom. The van der Waals surface area contributed by atoms with E-state index in [1.54, 1.807) is 0 Å². The fraction of sp³-hybridized carbons (Fsp3) is 0.778. The summed E-state index contributed by atoms with van der Waals surface area (Å²) in [4.78, 5) is 21.7. The Labute approximate surface area is 83.7 Å². The molecular formula is C9H18N2O3. The normalized spacial score (nSPS) is 14.9. The van der Waals surface area contributed by atoms with Crippen LogP contribution in [0.1, 0.15) is 27.2 Å². The standard InChI is InChI=1S/C9H18N2O3/c1-5(2)4-7(10)8(12)11-6(3)9(13)14/h5-7H,4,10H2,1-3H3,(H,11,12)(H,13,14)/t6-,7-/m0/s1. The van der Waals surface area contributed by atoms with Gasteiger partial charge in [0.1, 0.15) is 0 Å². The van der Waals surface area contributed by atoms with Gasteiger partial charge in [-0.3, -0.25) is 4.79 Å². The van der Waals surface area contributed by atoms with E-state index in [1.807, 2.05) is 13.8 Å². The molecule has 0 aromatic rings. The van der Waals surface area contributed by atoms with E-state index in [1.165, 1.54) is 6.92 Å². The van der Waals surface area contributed by atoms with E-state index in [4.69, 9.17) is 0 Å². The predicted octanol–water partition coefficient (Wildman–Crippen LogP) is -2.10. The average Bonchev–Trinajstić information content (AvgIpc) is 2.02. The molecule has 1 amide bonds. The zero-order chi connectivity index (χ0) is 11.3. The average molecular weight is 202 g/mol. The third-order valence-corrected chi connectivity index (χ3v) is 1.84. The minimum Gasteiger partial charge on any atom is -0.548 e. The van der Waals surface area contributed by atoms with Crippen molar-refractivity contribution in [3.8, 4) is 0 Å². The van der Waals surface area contributed by atoms with E-state index >= 15 is 0 Å². The summed E-state index contributed by atoms with van der Waals surface area (Å²) in [6.45, 7) is 5.33. The smallest absolute Gasteiger partial charge is 0.278 e. The Bertz CT molecular complexity index is 216. The van der Waals surface area contributed by atoms with Gasteiger partial charge in [-0.25, -0.2) is 0 Å². The molecule has 0 bridgehead atoms. The van der Waals surface area contributed by atoms with Gasteiger partial charge < -0.3 is 21.0 Å². The number of amides is 1. The Hall–Kier alpha value is -1.10. The van der Waals surface area contributed by atoms with E-state index in [0.717, 1.165) is 0 Å². The lowest BCUT2D eigenvalue weighted by Gasteiger charge is -2.17. The topological polar surface area (TPSA) is 96.9 Å². The molecule has 0 heterocycles. The molecule has 5 nitrogen and oxygen atoms in total.